The predicted octanol–water partition coefficient (Wildman–Crippen LogP) is 6.79. The standard InChI is InChI=1S/C25H26Br2O5/c1-29-15-31-23-9-7-17(13-21(23)26)11-19-5-3-4-6-20(25(19)28)12-18-8-10-24(22(27)14-18)32-16-30-2/h7-14H,3-6,15-16H2,1-2H3/b19-11+,20-12+. The molecule has 0 amide bonds. The van der Waals surface area contributed by atoms with Crippen molar-refractivity contribution in [2.45, 2.75) is 25.7 Å². The number of rotatable bonds is 8. The fourth-order valence-corrected chi connectivity index (χ4v) is 4.46. The van der Waals surface area contributed by atoms with E-state index >= 15 is 0 Å². The molecule has 0 N–H and O–H groups in total. The molecule has 1 fully saturated rings. The second-order valence-electron chi connectivity index (χ2n) is 7.36. The van der Waals surface area contributed by atoms with Crippen molar-refractivity contribution < 1.29 is 23.7 Å². The molecule has 1 aliphatic carbocycles. The maximum atomic E-state index is 13.3. The summed E-state index contributed by atoms with van der Waals surface area (Å²) in [7, 11) is 3.16. The smallest absolute Gasteiger partial charge is 0.188 e. The van der Waals surface area contributed by atoms with Gasteiger partial charge in [-0.1, -0.05) is 12.1 Å². The molecule has 5 nitrogen and oxygen atoms in total. The van der Waals surface area contributed by atoms with E-state index in [1.165, 1.54) is 0 Å². The number of ether oxygens (including phenoxy) is 4. The lowest BCUT2D eigenvalue weighted by molar-refractivity contribution is -0.112. The zero-order valence-corrected chi connectivity index (χ0v) is 21.3. The van der Waals surface area contributed by atoms with Crippen LogP contribution in [-0.2, 0) is 14.3 Å². The van der Waals surface area contributed by atoms with Crippen LogP contribution in [0.2, 0.25) is 0 Å². The van der Waals surface area contributed by atoms with Gasteiger partial charge in [-0.15, -0.1) is 0 Å². The first-order valence-corrected chi connectivity index (χ1v) is 11.9. The normalized spacial score (nSPS) is 16.9. The first-order valence-electron chi connectivity index (χ1n) is 10.3. The Morgan fingerprint density at radius 1 is 0.781 bits per heavy atom. The number of allylic oxidation sites excluding steroid dienone is 2. The van der Waals surface area contributed by atoms with Crippen molar-refractivity contribution in [1.82, 2.24) is 0 Å². The number of hydrogen-bond acceptors (Lipinski definition) is 5. The predicted molar refractivity (Wildman–Crippen MR) is 133 cm³/mol. The summed E-state index contributed by atoms with van der Waals surface area (Å²) < 4.78 is 22.6. The largest absolute Gasteiger partial charge is 0.466 e. The molecule has 0 heterocycles. The minimum Gasteiger partial charge on any atom is -0.466 e. The van der Waals surface area contributed by atoms with Crippen LogP contribution in [0.15, 0.2) is 56.5 Å². The van der Waals surface area contributed by atoms with Gasteiger partial charge in [0, 0.05) is 25.4 Å². The third kappa shape index (κ3) is 6.78. The van der Waals surface area contributed by atoms with Crippen LogP contribution in [0.3, 0.4) is 0 Å². The second-order valence-corrected chi connectivity index (χ2v) is 9.07. The van der Waals surface area contributed by atoms with Crippen molar-refractivity contribution in [3.63, 3.8) is 0 Å². The Hall–Kier alpha value is -1.93. The molecule has 0 spiro atoms. The summed E-state index contributed by atoms with van der Waals surface area (Å²) in [5, 5.41) is 0. The van der Waals surface area contributed by atoms with Gasteiger partial charge in [-0.25, -0.2) is 0 Å². The van der Waals surface area contributed by atoms with E-state index in [0.717, 1.165) is 56.9 Å². The van der Waals surface area contributed by atoms with Gasteiger partial charge in [0.15, 0.2) is 19.4 Å². The van der Waals surface area contributed by atoms with Crippen molar-refractivity contribution in [2.75, 3.05) is 27.8 Å². The molecule has 3 rings (SSSR count). The number of carbonyl (C=O) groups excluding carboxylic acids is 1. The van der Waals surface area contributed by atoms with Crippen LogP contribution >= 0.6 is 31.9 Å². The molecule has 170 valence electrons. The lowest BCUT2D eigenvalue weighted by atomic mass is 9.98. The van der Waals surface area contributed by atoms with Crippen molar-refractivity contribution in [3.8, 4) is 11.5 Å². The van der Waals surface area contributed by atoms with Crippen LogP contribution in [0.5, 0.6) is 11.5 Å². The van der Waals surface area contributed by atoms with Crippen LogP contribution in [0.4, 0.5) is 0 Å². The highest BCUT2D eigenvalue weighted by molar-refractivity contribution is 9.10. The second kappa shape index (κ2) is 12.3. The molecule has 2 aromatic rings. The zero-order valence-electron chi connectivity index (χ0n) is 18.2. The van der Waals surface area contributed by atoms with Gasteiger partial charge in [-0.2, -0.15) is 0 Å². The van der Waals surface area contributed by atoms with Gasteiger partial charge in [0.2, 0.25) is 0 Å². The highest BCUT2D eigenvalue weighted by Crippen LogP contribution is 2.32. The molecule has 0 bridgehead atoms. The number of benzene rings is 2. The number of halogens is 2. The van der Waals surface area contributed by atoms with Crippen molar-refractivity contribution in [2.24, 2.45) is 0 Å². The van der Waals surface area contributed by atoms with E-state index in [0.29, 0.717) is 11.5 Å². The molecule has 1 saturated carbocycles. The average molecular weight is 566 g/mol. The molecular weight excluding hydrogens is 540 g/mol. The minimum absolute atomic E-state index is 0.106. The summed E-state index contributed by atoms with van der Waals surface area (Å²) in [6.45, 7) is 0.364. The topological polar surface area (TPSA) is 54.0 Å². The maximum Gasteiger partial charge on any atom is 0.188 e. The minimum atomic E-state index is 0.106. The fourth-order valence-electron chi connectivity index (χ4n) is 3.43. The summed E-state index contributed by atoms with van der Waals surface area (Å²) in [6, 6.07) is 11.5. The van der Waals surface area contributed by atoms with Crippen molar-refractivity contribution in [3.05, 3.63) is 67.6 Å². The van der Waals surface area contributed by atoms with Crippen molar-refractivity contribution >= 4 is 49.8 Å². The first kappa shape index (κ1) is 24.7. The summed E-state index contributed by atoms with van der Waals surface area (Å²) in [5.74, 6) is 1.50. The molecule has 0 aliphatic heterocycles. The SMILES string of the molecule is COCOc1ccc(/C=C2\CCCC/C(=C\c3ccc(OCOC)c(Br)c3)C2=O)cc1Br. The first-order chi connectivity index (χ1) is 15.5. The van der Waals surface area contributed by atoms with Gasteiger partial charge in [-0.3, -0.25) is 4.79 Å². The number of methoxy groups -OCH3 is 2. The maximum absolute atomic E-state index is 13.3. The number of ketones is 1. The Balaban J connectivity index is 1.82. The summed E-state index contributed by atoms with van der Waals surface area (Å²) in [4.78, 5) is 13.3. The van der Waals surface area contributed by atoms with Gasteiger partial charge >= 0.3 is 0 Å². The van der Waals surface area contributed by atoms with E-state index in [1.807, 2.05) is 48.6 Å². The average Bonchev–Trinajstić information content (AvgIpc) is 2.94. The van der Waals surface area contributed by atoms with Gasteiger partial charge in [0.05, 0.1) is 8.95 Å². The number of Topliss-reactive ketones (excluding diaryl/α,β-unsaturated/α-hetero) is 1. The Kier molecular flexibility index (Phi) is 9.53. The lowest BCUT2D eigenvalue weighted by Crippen LogP contribution is -2.04. The molecule has 32 heavy (non-hydrogen) atoms. The van der Waals surface area contributed by atoms with Crippen LogP contribution < -0.4 is 9.47 Å². The van der Waals surface area contributed by atoms with Gasteiger partial charge < -0.3 is 18.9 Å². The molecule has 1 aliphatic rings. The third-order valence-corrected chi connectivity index (χ3v) is 6.22. The van der Waals surface area contributed by atoms with E-state index in [2.05, 4.69) is 31.9 Å². The van der Waals surface area contributed by atoms with Crippen LogP contribution in [-0.4, -0.2) is 33.6 Å². The van der Waals surface area contributed by atoms with Crippen LogP contribution in [0.25, 0.3) is 12.2 Å². The van der Waals surface area contributed by atoms with Gasteiger partial charge in [-0.05, 0) is 105 Å². The molecule has 0 unspecified atom stereocenters. The molecule has 0 aromatic heterocycles. The molecule has 0 radical (unpaired) electrons. The fraction of sp³-hybridized carbons (Fsp3) is 0.320. The molecule has 7 heteroatoms. The summed E-state index contributed by atoms with van der Waals surface area (Å²) >= 11 is 7.06. The summed E-state index contributed by atoms with van der Waals surface area (Å²) in [5.41, 5.74) is 3.55. The van der Waals surface area contributed by atoms with Gasteiger partial charge in [0.1, 0.15) is 11.5 Å². The monoisotopic (exact) mass is 564 g/mol. The zero-order chi connectivity index (χ0) is 22.9. The van der Waals surface area contributed by atoms with Crippen LogP contribution in [0, 0.1) is 0 Å². The molecule has 0 atom stereocenters. The van der Waals surface area contributed by atoms with E-state index in [4.69, 9.17) is 18.9 Å². The highest BCUT2D eigenvalue weighted by Gasteiger charge is 2.19. The number of carbonyl (C=O) groups is 1. The highest BCUT2D eigenvalue weighted by atomic mass is 79.9. The Morgan fingerprint density at radius 3 is 1.59 bits per heavy atom. The van der Waals surface area contributed by atoms with E-state index in [9.17, 15) is 4.79 Å². The molecular formula is C25H26Br2O5. The quantitative estimate of drug-likeness (QED) is 0.200. The van der Waals surface area contributed by atoms with E-state index < -0.39 is 0 Å². The Bertz CT molecular complexity index is 934. The van der Waals surface area contributed by atoms with E-state index in [-0.39, 0.29) is 19.4 Å². The van der Waals surface area contributed by atoms with Crippen molar-refractivity contribution in [1.29, 1.82) is 0 Å². The molecule has 0 saturated heterocycles. The van der Waals surface area contributed by atoms with E-state index in [1.54, 1.807) is 14.2 Å². The van der Waals surface area contributed by atoms with Crippen LogP contribution in [0.1, 0.15) is 36.8 Å². The summed E-state index contributed by atoms with van der Waals surface area (Å²) in [6.07, 6.45) is 7.46. The Labute approximate surface area is 205 Å². The van der Waals surface area contributed by atoms with Gasteiger partial charge in [0.25, 0.3) is 0 Å². The molecule has 2 aromatic carbocycles. The Morgan fingerprint density at radius 2 is 1.22 bits per heavy atom. The third-order valence-electron chi connectivity index (χ3n) is 4.98. The number of hydrogen-bond donors (Lipinski definition) is 0. The lowest BCUT2D eigenvalue weighted by Gasteiger charge is -2.10.